The maximum atomic E-state index is 14.1. The Labute approximate surface area is 256 Å². The molecule has 43 heavy (non-hydrogen) atoms. The molecule has 0 bridgehead atoms. The number of hydrogen-bond acceptors (Lipinski definition) is 5. The van der Waals surface area contributed by atoms with E-state index < -0.39 is 0 Å². The minimum atomic E-state index is -0.0342. The molecule has 7 nitrogen and oxygen atoms in total. The van der Waals surface area contributed by atoms with Crippen LogP contribution in [0, 0.1) is 5.92 Å². The number of likely N-dealkylation sites (tertiary alicyclic amines) is 1. The number of piperidine rings is 1. The van der Waals surface area contributed by atoms with Gasteiger partial charge in [-0.2, -0.15) is 0 Å². The van der Waals surface area contributed by atoms with E-state index in [-0.39, 0.29) is 11.8 Å². The smallest absolute Gasteiger partial charge is 0.252 e. The standard InChI is InChI=1S/C36H47N5O2/c42-33-27-40(23-25-41(33)24-22-39-20-10-3-11-21-39)26-31-34(36(43)37-19-18-28-12-4-1-5-13-28)30-16-8-9-17-32(30)38-35(31)29-14-6-2-7-15-29/h2,6-9,14-17,28H,1,3-5,10-13,18-27H2,(H,37,43). The van der Waals surface area contributed by atoms with E-state index >= 15 is 0 Å². The summed E-state index contributed by atoms with van der Waals surface area (Å²) in [7, 11) is 0. The van der Waals surface area contributed by atoms with Crippen molar-refractivity contribution in [3.8, 4) is 11.3 Å². The van der Waals surface area contributed by atoms with Crippen molar-refractivity contribution in [3.63, 3.8) is 0 Å². The first kappa shape index (κ1) is 29.8. The number of pyridine rings is 1. The normalized spacial score (nSPS) is 19.2. The average molecular weight is 582 g/mol. The summed E-state index contributed by atoms with van der Waals surface area (Å²) in [5.74, 6) is 0.852. The predicted molar refractivity (Wildman–Crippen MR) is 173 cm³/mol. The number of piperazine rings is 1. The topological polar surface area (TPSA) is 68.8 Å². The summed E-state index contributed by atoms with van der Waals surface area (Å²) in [6.45, 7) is 7.13. The quantitative estimate of drug-likeness (QED) is 0.331. The number of benzene rings is 2. The molecule has 3 aromatic rings. The lowest BCUT2D eigenvalue weighted by molar-refractivity contribution is -0.136. The van der Waals surface area contributed by atoms with Crippen LogP contribution in [0.5, 0.6) is 0 Å². The first-order chi connectivity index (χ1) is 21.2. The lowest BCUT2D eigenvalue weighted by atomic mass is 9.87. The zero-order valence-electron chi connectivity index (χ0n) is 25.6. The van der Waals surface area contributed by atoms with Crippen molar-refractivity contribution in [2.24, 2.45) is 5.92 Å². The Bertz CT molecular complexity index is 1380. The summed E-state index contributed by atoms with van der Waals surface area (Å²) in [6, 6.07) is 18.1. The molecule has 3 fully saturated rings. The van der Waals surface area contributed by atoms with Gasteiger partial charge in [-0.3, -0.25) is 14.5 Å². The van der Waals surface area contributed by atoms with Crippen LogP contribution in [0.1, 0.15) is 73.7 Å². The van der Waals surface area contributed by atoms with Crippen LogP contribution in [0.3, 0.4) is 0 Å². The number of aromatic nitrogens is 1. The second-order valence-corrected chi connectivity index (χ2v) is 12.7. The molecular weight excluding hydrogens is 534 g/mol. The van der Waals surface area contributed by atoms with Gasteiger partial charge in [0.25, 0.3) is 5.91 Å². The van der Waals surface area contributed by atoms with E-state index in [1.54, 1.807) is 0 Å². The van der Waals surface area contributed by atoms with E-state index in [4.69, 9.17) is 4.98 Å². The second kappa shape index (κ2) is 14.5. The van der Waals surface area contributed by atoms with Gasteiger partial charge in [0.15, 0.2) is 0 Å². The van der Waals surface area contributed by atoms with Gasteiger partial charge in [-0.1, -0.05) is 87.1 Å². The zero-order valence-corrected chi connectivity index (χ0v) is 25.6. The molecule has 1 N–H and O–H groups in total. The molecule has 1 saturated carbocycles. The number of carbonyl (C=O) groups is 2. The van der Waals surface area contributed by atoms with Gasteiger partial charge in [0.2, 0.25) is 5.91 Å². The van der Waals surface area contributed by atoms with Crippen LogP contribution in [0.4, 0.5) is 0 Å². The maximum absolute atomic E-state index is 14.1. The molecule has 2 saturated heterocycles. The largest absolute Gasteiger partial charge is 0.352 e. The fourth-order valence-corrected chi connectivity index (χ4v) is 7.25. The third kappa shape index (κ3) is 7.44. The maximum Gasteiger partial charge on any atom is 0.252 e. The third-order valence-corrected chi connectivity index (χ3v) is 9.74. The van der Waals surface area contributed by atoms with Gasteiger partial charge in [0, 0.05) is 55.8 Å². The molecule has 1 aliphatic carbocycles. The van der Waals surface area contributed by atoms with E-state index in [1.165, 1.54) is 51.4 Å². The fourth-order valence-electron chi connectivity index (χ4n) is 7.25. The Kier molecular flexibility index (Phi) is 10.0. The molecule has 3 heterocycles. The first-order valence-electron chi connectivity index (χ1n) is 16.6. The highest BCUT2D eigenvalue weighted by atomic mass is 16.2. The minimum Gasteiger partial charge on any atom is -0.352 e. The molecule has 7 heteroatoms. The molecule has 1 aromatic heterocycles. The highest BCUT2D eigenvalue weighted by molar-refractivity contribution is 6.09. The number of para-hydroxylation sites is 1. The van der Waals surface area contributed by atoms with Gasteiger partial charge < -0.3 is 15.1 Å². The molecule has 0 spiro atoms. The average Bonchev–Trinajstić information content (AvgIpc) is 3.05. The molecule has 2 amide bonds. The van der Waals surface area contributed by atoms with Gasteiger partial charge in [-0.15, -0.1) is 0 Å². The van der Waals surface area contributed by atoms with E-state index in [9.17, 15) is 9.59 Å². The van der Waals surface area contributed by atoms with Gasteiger partial charge in [-0.25, -0.2) is 4.98 Å². The molecule has 3 aliphatic rings. The lowest BCUT2D eigenvalue weighted by Crippen LogP contribution is -2.52. The summed E-state index contributed by atoms with van der Waals surface area (Å²) >= 11 is 0. The van der Waals surface area contributed by atoms with Crippen molar-refractivity contribution >= 4 is 22.7 Å². The highest BCUT2D eigenvalue weighted by Gasteiger charge is 2.28. The van der Waals surface area contributed by atoms with E-state index in [2.05, 4.69) is 27.2 Å². The summed E-state index contributed by atoms with van der Waals surface area (Å²) in [6.07, 6.45) is 11.4. The van der Waals surface area contributed by atoms with Crippen LogP contribution in [0.15, 0.2) is 54.6 Å². The second-order valence-electron chi connectivity index (χ2n) is 12.7. The van der Waals surface area contributed by atoms with Gasteiger partial charge in [-0.05, 0) is 44.3 Å². The molecular formula is C36H47N5O2. The molecule has 6 rings (SSSR count). The van der Waals surface area contributed by atoms with Crippen molar-refractivity contribution in [2.75, 3.05) is 52.4 Å². The van der Waals surface area contributed by atoms with Crippen LogP contribution < -0.4 is 5.32 Å². The third-order valence-electron chi connectivity index (χ3n) is 9.74. The first-order valence-corrected chi connectivity index (χ1v) is 16.6. The molecule has 0 atom stereocenters. The van der Waals surface area contributed by atoms with Crippen LogP contribution in [0.25, 0.3) is 22.2 Å². The molecule has 228 valence electrons. The van der Waals surface area contributed by atoms with Crippen molar-refractivity contribution in [1.29, 1.82) is 0 Å². The van der Waals surface area contributed by atoms with Crippen molar-refractivity contribution in [2.45, 2.75) is 64.3 Å². The van der Waals surface area contributed by atoms with E-state index in [1.807, 2.05) is 47.4 Å². The van der Waals surface area contributed by atoms with Crippen molar-refractivity contribution in [1.82, 2.24) is 25.0 Å². The Morgan fingerprint density at radius 3 is 2.35 bits per heavy atom. The molecule has 0 radical (unpaired) electrons. The summed E-state index contributed by atoms with van der Waals surface area (Å²) in [5, 5.41) is 4.17. The monoisotopic (exact) mass is 581 g/mol. The van der Waals surface area contributed by atoms with Gasteiger partial charge in [0.1, 0.15) is 0 Å². The summed E-state index contributed by atoms with van der Waals surface area (Å²) in [4.78, 5) is 39.2. The number of fused-ring (bicyclic) bond motifs is 1. The minimum absolute atomic E-state index is 0.0342. The fraction of sp³-hybridized carbons (Fsp3) is 0.528. The van der Waals surface area contributed by atoms with Crippen molar-refractivity contribution in [3.05, 3.63) is 65.7 Å². The highest BCUT2D eigenvalue weighted by Crippen LogP contribution is 2.32. The van der Waals surface area contributed by atoms with E-state index in [0.29, 0.717) is 31.1 Å². The number of nitrogens with zero attached hydrogens (tertiary/aromatic N) is 4. The SMILES string of the molecule is O=C(NCCC1CCCCC1)c1c(CN2CCN(CCN3CCCCC3)C(=O)C2)c(-c2ccccc2)nc2ccccc12. The number of amides is 2. The Hall–Kier alpha value is -3.29. The van der Waals surface area contributed by atoms with Crippen molar-refractivity contribution < 1.29 is 9.59 Å². The van der Waals surface area contributed by atoms with Crippen LogP contribution in [-0.4, -0.2) is 83.9 Å². The van der Waals surface area contributed by atoms with E-state index in [0.717, 1.165) is 73.4 Å². The van der Waals surface area contributed by atoms with Crippen LogP contribution in [-0.2, 0) is 11.3 Å². The number of carbonyl (C=O) groups excluding carboxylic acids is 2. The number of hydrogen-bond donors (Lipinski definition) is 1. The Morgan fingerprint density at radius 2 is 1.56 bits per heavy atom. The Balaban J connectivity index is 1.24. The number of rotatable bonds is 10. The van der Waals surface area contributed by atoms with Gasteiger partial charge >= 0.3 is 0 Å². The van der Waals surface area contributed by atoms with Gasteiger partial charge in [0.05, 0.1) is 23.3 Å². The summed E-state index contributed by atoms with van der Waals surface area (Å²) in [5.41, 5.74) is 4.26. The van der Waals surface area contributed by atoms with Crippen LogP contribution in [0.2, 0.25) is 0 Å². The van der Waals surface area contributed by atoms with Crippen LogP contribution >= 0.6 is 0 Å². The Morgan fingerprint density at radius 1 is 0.814 bits per heavy atom. The summed E-state index contributed by atoms with van der Waals surface area (Å²) < 4.78 is 0. The lowest BCUT2D eigenvalue weighted by Gasteiger charge is -2.36. The molecule has 0 unspecified atom stereocenters. The molecule has 2 aliphatic heterocycles. The zero-order chi connectivity index (χ0) is 29.4. The molecule has 2 aromatic carbocycles. The predicted octanol–water partition coefficient (Wildman–Crippen LogP) is 5.73. The number of nitrogens with one attached hydrogen (secondary N) is 1.